The second-order valence-corrected chi connectivity index (χ2v) is 6.77. The number of fused-ring (bicyclic) bond motifs is 3. The number of allylic oxidation sites excluding steroid dienone is 1. The van der Waals surface area contributed by atoms with Gasteiger partial charge >= 0.3 is 0 Å². The van der Waals surface area contributed by atoms with Crippen LogP contribution in [0, 0.1) is 16.6 Å². The predicted octanol–water partition coefficient (Wildman–Crippen LogP) is 3.51. The van der Waals surface area contributed by atoms with Gasteiger partial charge in [0.05, 0.1) is 0 Å². The van der Waals surface area contributed by atoms with E-state index in [0.29, 0.717) is 41.2 Å². The summed E-state index contributed by atoms with van der Waals surface area (Å²) >= 11 is 0. The average molecular weight is 408 g/mol. The standard InChI is InChI=1S/C22H25FN6O/c1-3-27-21-14-8-20(22(26)29-11-14)30-13(2)18-9-16(23)4-5-17(18)19(6-7-24)28-12-15(21)10-25/h4-11,13,24-25,27-28H,3,12H2,1-2H3,(H2,26,29)/b19-6-,21-15+,24-7?,25-10?. The zero-order valence-corrected chi connectivity index (χ0v) is 16.9. The Kier molecular flexibility index (Phi) is 6.46. The molecule has 2 aromatic rings. The third-order valence-electron chi connectivity index (χ3n) is 4.78. The predicted molar refractivity (Wildman–Crippen MR) is 118 cm³/mol. The van der Waals surface area contributed by atoms with E-state index in [4.69, 9.17) is 21.3 Å². The van der Waals surface area contributed by atoms with Crippen molar-refractivity contribution in [3.05, 3.63) is 64.6 Å². The van der Waals surface area contributed by atoms with Gasteiger partial charge in [-0.1, -0.05) is 0 Å². The molecule has 0 fully saturated rings. The van der Waals surface area contributed by atoms with Gasteiger partial charge in [0.2, 0.25) is 0 Å². The lowest BCUT2D eigenvalue weighted by atomic mass is 9.99. The highest BCUT2D eigenvalue weighted by Crippen LogP contribution is 2.33. The van der Waals surface area contributed by atoms with E-state index in [9.17, 15) is 4.39 Å². The van der Waals surface area contributed by atoms with Crippen molar-refractivity contribution in [1.29, 1.82) is 10.8 Å². The number of hydrogen-bond donors (Lipinski definition) is 5. The first-order chi connectivity index (χ1) is 14.5. The minimum atomic E-state index is -0.529. The maximum absolute atomic E-state index is 14.1. The van der Waals surface area contributed by atoms with Crippen molar-refractivity contribution in [3.63, 3.8) is 0 Å². The molecule has 0 radical (unpaired) electrons. The molecular weight excluding hydrogens is 383 g/mol. The van der Waals surface area contributed by atoms with Crippen molar-refractivity contribution in [1.82, 2.24) is 15.6 Å². The highest BCUT2D eigenvalue weighted by Gasteiger charge is 2.20. The molecule has 6 N–H and O–H groups in total. The Morgan fingerprint density at radius 1 is 1.37 bits per heavy atom. The first-order valence-electron chi connectivity index (χ1n) is 9.63. The van der Waals surface area contributed by atoms with Gasteiger partial charge < -0.3 is 31.9 Å². The van der Waals surface area contributed by atoms with Crippen molar-refractivity contribution in [2.45, 2.75) is 20.0 Å². The fraction of sp³-hybridized carbons (Fsp3) is 0.227. The number of nitrogens with two attached hydrogens (primary N) is 1. The Morgan fingerprint density at radius 2 is 2.17 bits per heavy atom. The maximum atomic E-state index is 14.1. The van der Waals surface area contributed by atoms with Crippen LogP contribution < -0.4 is 21.1 Å². The number of nitrogens with zero attached hydrogens (tertiary/aromatic N) is 1. The molecule has 0 saturated carbocycles. The Labute approximate surface area is 174 Å². The van der Waals surface area contributed by atoms with Crippen molar-refractivity contribution in [3.8, 4) is 5.75 Å². The zero-order chi connectivity index (χ0) is 21.7. The molecule has 0 spiro atoms. The monoisotopic (exact) mass is 408 g/mol. The normalized spacial score (nSPS) is 20.1. The minimum Gasteiger partial charge on any atom is -0.482 e. The number of anilines is 1. The lowest BCUT2D eigenvalue weighted by molar-refractivity contribution is 0.226. The molecule has 8 heteroatoms. The van der Waals surface area contributed by atoms with Crippen LogP contribution in [-0.4, -0.2) is 30.5 Å². The fourth-order valence-corrected chi connectivity index (χ4v) is 3.36. The quantitative estimate of drug-likeness (QED) is 0.496. The summed E-state index contributed by atoms with van der Waals surface area (Å²) in [6, 6.07) is 6.20. The molecule has 30 heavy (non-hydrogen) atoms. The van der Waals surface area contributed by atoms with Crippen molar-refractivity contribution in [2.75, 3.05) is 18.8 Å². The molecule has 2 heterocycles. The average Bonchev–Trinajstić information content (AvgIpc) is 2.73. The Morgan fingerprint density at radius 3 is 2.87 bits per heavy atom. The lowest BCUT2D eigenvalue weighted by Crippen LogP contribution is -2.23. The van der Waals surface area contributed by atoms with Gasteiger partial charge in [-0.3, -0.25) is 0 Å². The van der Waals surface area contributed by atoms with E-state index in [1.54, 1.807) is 24.4 Å². The summed E-state index contributed by atoms with van der Waals surface area (Å²) in [4.78, 5) is 4.25. The van der Waals surface area contributed by atoms with Crippen LogP contribution in [0.15, 0.2) is 42.1 Å². The molecule has 1 aliphatic heterocycles. The van der Waals surface area contributed by atoms with Gasteiger partial charge in [-0.25, -0.2) is 9.37 Å². The summed E-state index contributed by atoms with van der Waals surface area (Å²) in [6.07, 6.45) is 5.13. The molecule has 0 saturated heterocycles. The van der Waals surface area contributed by atoms with Crippen molar-refractivity contribution < 1.29 is 9.13 Å². The molecule has 1 atom stereocenters. The van der Waals surface area contributed by atoms with Crippen molar-refractivity contribution in [2.24, 2.45) is 0 Å². The number of aromatic nitrogens is 1. The van der Waals surface area contributed by atoms with E-state index in [2.05, 4.69) is 15.6 Å². The van der Waals surface area contributed by atoms with Gasteiger partial charge in [0, 0.05) is 65.4 Å². The first kappa shape index (κ1) is 21.0. The molecule has 156 valence electrons. The fourth-order valence-electron chi connectivity index (χ4n) is 3.36. The molecule has 7 nitrogen and oxygen atoms in total. The van der Waals surface area contributed by atoms with Crippen LogP contribution in [0.5, 0.6) is 5.75 Å². The van der Waals surface area contributed by atoms with Crippen LogP contribution in [0.4, 0.5) is 10.2 Å². The lowest BCUT2D eigenvalue weighted by Gasteiger charge is -2.24. The van der Waals surface area contributed by atoms with E-state index < -0.39 is 6.10 Å². The number of rotatable bonds is 4. The highest BCUT2D eigenvalue weighted by atomic mass is 19.1. The zero-order valence-electron chi connectivity index (χ0n) is 16.9. The topological polar surface area (TPSA) is 120 Å². The Hall–Kier alpha value is -3.68. The molecule has 1 aromatic heterocycles. The molecule has 0 amide bonds. The number of nitrogens with one attached hydrogen (secondary N) is 4. The number of pyridine rings is 1. The summed E-state index contributed by atoms with van der Waals surface area (Å²) in [5.41, 5.74) is 10.1. The molecule has 1 aromatic carbocycles. The Bertz CT molecular complexity index is 1030. The molecule has 3 rings (SSSR count). The number of nitrogen functional groups attached to an aromatic ring is 1. The van der Waals surface area contributed by atoms with Crippen LogP contribution in [0.25, 0.3) is 11.4 Å². The molecule has 0 aliphatic carbocycles. The summed E-state index contributed by atoms with van der Waals surface area (Å²) in [6.45, 7) is 4.74. The highest BCUT2D eigenvalue weighted by molar-refractivity contribution is 5.90. The van der Waals surface area contributed by atoms with Crippen LogP contribution >= 0.6 is 0 Å². The number of hydrogen-bond acceptors (Lipinski definition) is 7. The molecule has 2 bridgehead atoms. The third kappa shape index (κ3) is 4.32. The number of halogens is 1. The van der Waals surface area contributed by atoms with Crippen LogP contribution in [0.1, 0.15) is 36.6 Å². The number of ether oxygens (including phenoxy) is 1. The van der Waals surface area contributed by atoms with Crippen molar-refractivity contribution >= 4 is 29.6 Å². The minimum absolute atomic E-state index is 0.223. The molecule has 1 aliphatic rings. The summed E-state index contributed by atoms with van der Waals surface area (Å²) in [5, 5.41) is 22.0. The number of benzene rings is 1. The second kappa shape index (κ2) is 9.21. The Balaban J connectivity index is 2.25. The van der Waals surface area contributed by atoms with Gasteiger partial charge in [0.25, 0.3) is 0 Å². The summed E-state index contributed by atoms with van der Waals surface area (Å²) in [5.74, 6) is 0.210. The molecule has 1 unspecified atom stereocenters. The smallest absolute Gasteiger partial charge is 0.166 e. The van der Waals surface area contributed by atoms with E-state index in [0.717, 1.165) is 17.5 Å². The van der Waals surface area contributed by atoms with Gasteiger partial charge in [0.15, 0.2) is 11.6 Å². The van der Waals surface area contributed by atoms with Gasteiger partial charge in [-0.2, -0.15) is 0 Å². The van der Waals surface area contributed by atoms with E-state index in [1.165, 1.54) is 18.3 Å². The van der Waals surface area contributed by atoms with Crippen LogP contribution in [0.3, 0.4) is 0 Å². The van der Waals surface area contributed by atoms with Crippen LogP contribution in [-0.2, 0) is 0 Å². The molecular formula is C22H25FN6O. The van der Waals surface area contributed by atoms with E-state index in [-0.39, 0.29) is 11.6 Å². The third-order valence-corrected chi connectivity index (χ3v) is 4.78. The second-order valence-electron chi connectivity index (χ2n) is 6.77. The van der Waals surface area contributed by atoms with Gasteiger partial charge in [-0.15, -0.1) is 0 Å². The summed E-state index contributed by atoms with van der Waals surface area (Å²) in [7, 11) is 0. The van der Waals surface area contributed by atoms with Crippen LogP contribution in [0.2, 0.25) is 0 Å². The summed E-state index contributed by atoms with van der Waals surface area (Å²) < 4.78 is 20.2. The van der Waals surface area contributed by atoms with E-state index >= 15 is 0 Å². The maximum Gasteiger partial charge on any atom is 0.166 e. The largest absolute Gasteiger partial charge is 0.482 e. The first-order valence-corrected chi connectivity index (χ1v) is 9.63. The van der Waals surface area contributed by atoms with Gasteiger partial charge in [0.1, 0.15) is 11.9 Å². The van der Waals surface area contributed by atoms with E-state index in [1.807, 2.05) is 13.8 Å². The van der Waals surface area contributed by atoms with Gasteiger partial charge in [-0.05, 0) is 44.2 Å². The SMILES string of the molecule is CCN/C1=C(\C=N)CN/C(=C\C=N)c2ccc(F)cc2C(C)Oc2cc1cnc2N.